The van der Waals surface area contributed by atoms with Crippen molar-refractivity contribution < 1.29 is 13.2 Å². The summed E-state index contributed by atoms with van der Waals surface area (Å²) in [5, 5.41) is 10.3. The van der Waals surface area contributed by atoms with E-state index in [4.69, 9.17) is 4.74 Å². The van der Waals surface area contributed by atoms with Gasteiger partial charge in [-0.05, 0) is 26.2 Å². The number of aromatic nitrogens is 2. The molecule has 118 valence electrons. The number of nitrogens with zero attached hydrogens (tertiary/aromatic N) is 2. The van der Waals surface area contributed by atoms with E-state index in [0.29, 0.717) is 42.1 Å². The van der Waals surface area contributed by atoms with Crippen molar-refractivity contribution >= 4 is 10.0 Å². The summed E-state index contributed by atoms with van der Waals surface area (Å²) in [6.45, 7) is 3.31. The maximum atomic E-state index is 12.9. The fourth-order valence-corrected chi connectivity index (χ4v) is 4.30. The van der Waals surface area contributed by atoms with Gasteiger partial charge < -0.3 is 10.1 Å². The molecular weight excluding hydrogens is 292 g/mol. The number of aryl methyl sites for hydroxylation is 1. The standard InChI is InChI=1S/C13H22N4O3S/c1-9-13(12(16-15-9)7-14-10-3-4-10)21(18,19)17(2)11-5-6-20-8-11/h10-11,14H,3-8H2,1-2H3,(H,15,16). The predicted octanol–water partition coefficient (Wildman–Crippen LogP) is 0.380. The Morgan fingerprint density at radius 2 is 2.19 bits per heavy atom. The van der Waals surface area contributed by atoms with E-state index in [9.17, 15) is 8.42 Å². The zero-order chi connectivity index (χ0) is 15.0. The van der Waals surface area contributed by atoms with E-state index in [0.717, 1.165) is 19.3 Å². The molecule has 0 amide bonds. The van der Waals surface area contributed by atoms with Crippen LogP contribution in [0.4, 0.5) is 0 Å². The average molecular weight is 314 g/mol. The second-order valence-corrected chi connectivity index (χ2v) is 7.75. The summed E-state index contributed by atoms with van der Waals surface area (Å²) in [6, 6.07) is 0.423. The van der Waals surface area contributed by atoms with Crippen LogP contribution < -0.4 is 5.32 Å². The molecule has 0 aromatic carbocycles. The normalized spacial score (nSPS) is 23.1. The average Bonchev–Trinajstić information content (AvgIpc) is 2.97. The number of hydrogen-bond acceptors (Lipinski definition) is 5. The Balaban J connectivity index is 1.84. The van der Waals surface area contributed by atoms with E-state index in [-0.39, 0.29) is 6.04 Å². The van der Waals surface area contributed by atoms with Gasteiger partial charge in [0, 0.05) is 26.2 Å². The largest absolute Gasteiger partial charge is 0.380 e. The summed E-state index contributed by atoms with van der Waals surface area (Å²) in [5.41, 5.74) is 1.17. The minimum Gasteiger partial charge on any atom is -0.380 e. The lowest BCUT2D eigenvalue weighted by molar-refractivity contribution is 0.181. The van der Waals surface area contributed by atoms with Crippen LogP contribution in [-0.4, -0.2) is 55.3 Å². The van der Waals surface area contributed by atoms with Gasteiger partial charge in [0.25, 0.3) is 0 Å². The van der Waals surface area contributed by atoms with E-state index in [1.165, 1.54) is 4.31 Å². The number of hydrogen-bond donors (Lipinski definition) is 2. The van der Waals surface area contributed by atoms with Crippen molar-refractivity contribution in [2.24, 2.45) is 0 Å². The number of likely N-dealkylation sites (N-methyl/N-ethyl adjacent to an activating group) is 1. The molecule has 0 spiro atoms. The summed E-state index contributed by atoms with van der Waals surface area (Å²) in [4.78, 5) is 0.310. The molecule has 2 aliphatic rings. The summed E-state index contributed by atoms with van der Waals surface area (Å²) in [6.07, 6.45) is 3.05. The minimum absolute atomic E-state index is 0.0893. The van der Waals surface area contributed by atoms with Gasteiger partial charge in [0.2, 0.25) is 10.0 Å². The first kappa shape index (κ1) is 15.0. The van der Waals surface area contributed by atoms with Crippen LogP contribution in [0.25, 0.3) is 0 Å². The molecule has 1 aromatic heterocycles. The van der Waals surface area contributed by atoms with Gasteiger partial charge in [0.15, 0.2) is 0 Å². The van der Waals surface area contributed by atoms with Gasteiger partial charge in [-0.15, -0.1) is 0 Å². The summed E-state index contributed by atoms with van der Waals surface area (Å²) < 4.78 is 32.5. The molecule has 1 aliphatic carbocycles. The van der Waals surface area contributed by atoms with Crippen LogP contribution in [0.15, 0.2) is 4.90 Å². The first-order valence-corrected chi connectivity index (χ1v) is 8.77. The third kappa shape index (κ3) is 2.98. The molecule has 3 rings (SSSR count). The Hall–Kier alpha value is -0.960. The maximum Gasteiger partial charge on any atom is 0.246 e. The Morgan fingerprint density at radius 3 is 2.81 bits per heavy atom. The number of rotatable bonds is 6. The second kappa shape index (κ2) is 5.68. The fraction of sp³-hybridized carbons (Fsp3) is 0.769. The van der Waals surface area contributed by atoms with Gasteiger partial charge in [-0.1, -0.05) is 0 Å². The van der Waals surface area contributed by atoms with Gasteiger partial charge in [0.05, 0.1) is 24.0 Å². The Labute approximate surface area is 125 Å². The number of ether oxygens (including phenoxy) is 1. The van der Waals surface area contributed by atoms with Crippen molar-refractivity contribution in [1.82, 2.24) is 19.8 Å². The quantitative estimate of drug-likeness (QED) is 0.792. The number of H-pyrrole nitrogens is 1. The highest BCUT2D eigenvalue weighted by Crippen LogP contribution is 2.26. The number of aromatic amines is 1. The van der Waals surface area contributed by atoms with Crippen molar-refractivity contribution in [3.8, 4) is 0 Å². The van der Waals surface area contributed by atoms with Crippen LogP contribution in [0.5, 0.6) is 0 Å². The van der Waals surface area contributed by atoms with E-state index < -0.39 is 10.0 Å². The highest BCUT2D eigenvalue weighted by molar-refractivity contribution is 7.89. The van der Waals surface area contributed by atoms with E-state index in [1.54, 1.807) is 14.0 Å². The molecule has 2 fully saturated rings. The number of sulfonamides is 1. The first-order chi connectivity index (χ1) is 10.00. The van der Waals surface area contributed by atoms with Gasteiger partial charge in [0.1, 0.15) is 4.90 Å². The molecular formula is C13H22N4O3S. The third-order valence-electron chi connectivity index (χ3n) is 4.15. The second-order valence-electron chi connectivity index (χ2n) is 5.82. The molecule has 21 heavy (non-hydrogen) atoms. The van der Waals surface area contributed by atoms with E-state index in [1.807, 2.05) is 0 Å². The molecule has 0 bridgehead atoms. The lowest BCUT2D eigenvalue weighted by Gasteiger charge is -2.22. The molecule has 0 radical (unpaired) electrons. The molecule has 1 aromatic rings. The van der Waals surface area contributed by atoms with Crippen LogP contribution in [0.1, 0.15) is 30.7 Å². The molecule has 1 aliphatic heterocycles. The van der Waals surface area contributed by atoms with Gasteiger partial charge in [-0.25, -0.2) is 8.42 Å². The Bertz CT molecular complexity index is 603. The van der Waals surface area contributed by atoms with Gasteiger partial charge in [-0.2, -0.15) is 9.40 Å². The van der Waals surface area contributed by atoms with Crippen molar-refractivity contribution in [3.63, 3.8) is 0 Å². The SMILES string of the molecule is Cc1[nH]nc(CNC2CC2)c1S(=O)(=O)N(C)C1CCOC1. The smallest absolute Gasteiger partial charge is 0.246 e. The zero-order valence-electron chi connectivity index (χ0n) is 12.4. The highest BCUT2D eigenvalue weighted by atomic mass is 32.2. The molecule has 2 heterocycles. The Morgan fingerprint density at radius 1 is 1.43 bits per heavy atom. The minimum atomic E-state index is -3.55. The molecule has 1 saturated carbocycles. The van der Waals surface area contributed by atoms with Crippen molar-refractivity contribution in [2.75, 3.05) is 20.3 Å². The Kier molecular flexibility index (Phi) is 4.04. The van der Waals surface area contributed by atoms with E-state index in [2.05, 4.69) is 15.5 Å². The predicted molar refractivity (Wildman–Crippen MR) is 77.4 cm³/mol. The van der Waals surface area contributed by atoms with Crippen molar-refractivity contribution in [1.29, 1.82) is 0 Å². The van der Waals surface area contributed by atoms with Crippen LogP contribution in [0.3, 0.4) is 0 Å². The summed E-state index contributed by atoms with van der Waals surface area (Å²) in [7, 11) is -1.92. The van der Waals surface area contributed by atoms with Crippen LogP contribution in [0, 0.1) is 6.92 Å². The molecule has 8 heteroatoms. The fourth-order valence-electron chi connectivity index (χ4n) is 2.61. The number of nitrogens with one attached hydrogen (secondary N) is 2. The van der Waals surface area contributed by atoms with Crippen LogP contribution in [-0.2, 0) is 21.3 Å². The molecule has 1 unspecified atom stereocenters. The van der Waals surface area contributed by atoms with E-state index >= 15 is 0 Å². The van der Waals surface area contributed by atoms with Crippen molar-refractivity contribution in [2.45, 2.75) is 49.7 Å². The van der Waals surface area contributed by atoms with Crippen LogP contribution >= 0.6 is 0 Å². The zero-order valence-corrected chi connectivity index (χ0v) is 13.2. The summed E-state index contributed by atoms with van der Waals surface area (Å²) in [5.74, 6) is 0. The highest BCUT2D eigenvalue weighted by Gasteiger charge is 2.35. The topological polar surface area (TPSA) is 87.3 Å². The maximum absolute atomic E-state index is 12.9. The lowest BCUT2D eigenvalue weighted by atomic mass is 10.3. The molecule has 7 nitrogen and oxygen atoms in total. The van der Waals surface area contributed by atoms with Gasteiger partial charge >= 0.3 is 0 Å². The first-order valence-electron chi connectivity index (χ1n) is 7.33. The van der Waals surface area contributed by atoms with Crippen molar-refractivity contribution in [3.05, 3.63) is 11.4 Å². The monoisotopic (exact) mass is 314 g/mol. The molecule has 1 atom stereocenters. The van der Waals surface area contributed by atoms with Gasteiger partial charge in [-0.3, -0.25) is 5.10 Å². The molecule has 2 N–H and O–H groups in total. The van der Waals surface area contributed by atoms with Crippen LogP contribution in [0.2, 0.25) is 0 Å². The summed E-state index contributed by atoms with van der Waals surface area (Å²) >= 11 is 0. The third-order valence-corrected chi connectivity index (χ3v) is 6.27. The molecule has 1 saturated heterocycles. The lowest BCUT2D eigenvalue weighted by Crippen LogP contribution is -2.38.